The van der Waals surface area contributed by atoms with Gasteiger partial charge in [-0.2, -0.15) is 4.72 Å². The van der Waals surface area contributed by atoms with E-state index in [0.29, 0.717) is 4.34 Å². The molecule has 10 heteroatoms. The lowest BCUT2D eigenvalue weighted by molar-refractivity contribution is -0.127. The van der Waals surface area contributed by atoms with E-state index in [0.717, 1.165) is 59.2 Å². The van der Waals surface area contributed by atoms with Crippen LogP contribution in [0.2, 0.25) is 4.34 Å². The summed E-state index contributed by atoms with van der Waals surface area (Å²) in [6, 6.07) is 16.1. The highest BCUT2D eigenvalue weighted by Gasteiger charge is 2.41. The highest BCUT2D eigenvalue weighted by atomic mass is 35.5. The maximum atomic E-state index is 14.2. The SMILES string of the molecule is CC(Cc1c[nH]c2ccccc12)(NS(=O)(=O)c1ccc(Cl)s1)C(=O)NC(c1ccccn1)C1CCCCC1. The van der Waals surface area contributed by atoms with Gasteiger partial charge in [-0.3, -0.25) is 9.78 Å². The molecule has 0 spiro atoms. The molecule has 5 rings (SSSR count). The zero-order valence-corrected chi connectivity index (χ0v) is 23.5. The van der Waals surface area contributed by atoms with E-state index in [-0.39, 0.29) is 22.6 Å². The number of nitrogens with one attached hydrogen (secondary N) is 3. The van der Waals surface area contributed by atoms with Gasteiger partial charge in [0.2, 0.25) is 5.91 Å². The minimum Gasteiger partial charge on any atom is -0.361 e. The highest BCUT2D eigenvalue weighted by Crippen LogP contribution is 2.35. The minimum atomic E-state index is -4.03. The Morgan fingerprint density at radius 3 is 2.61 bits per heavy atom. The van der Waals surface area contributed by atoms with Gasteiger partial charge in [0.05, 0.1) is 16.1 Å². The first-order valence-electron chi connectivity index (χ1n) is 12.8. The molecule has 0 saturated heterocycles. The molecule has 3 aromatic heterocycles. The number of aromatic nitrogens is 2. The molecule has 0 radical (unpaired) electrons. The van der Waals surface area contributed by atoms with Gasteiger partial charge in [-0.25, -0.2) is 8.42 Å². The van der Waals surface area contributed by atoms with Crippen molar-refractivity contribution < 1.29 is 13.2 Å². The first-order valence-corrected chi connectivity index (χ1v) is 15.5. The normalized spacial score (nSPS) is 17.2. The maximum Gasteiger partial charge on any atom is 0.251 e. The number of fused-ring (bicyclic) bond motifs is 1. The Morgan fingerprint density at radius 1 is 1.13 bits per heavy atom. The second-order valence-corrected chi connectivity index (χ2v) is 13.8. The molecule has 0 bridgehead atoms. The van der Waals surface area contributed by atoms with Crippen LogP contribution in [-0.2, 0) is 21.2 Å². The number of hydrogen-bond donors (Lipinski definition) is 3. The predicted octanol–water partition coefficient (Wildman–Crippen LogP) is 6.00. The van der Waals surface area contributed by atoms with Crippen molar-refractivity contribution in [2.75, 3.05) is 0 Å². The van der Waals surface area contributed by atoms with Crippen molar-refractivity contribution >= 4 is 49.8 Å². The lowest BCUT2D eigenvalue weighted by atomic mass is 9.82. The smallest absolute Gasteiger partial charge is 0.251 e. The van der Waals surface area contributed by atoms with Crippen molar-refractivity contribution in [1.29, 1.82) is 0 Å². The standard InChI is InChI=1S/C28H31ClN4O3S2/c1-28(33-38(35,36)25-15-14-24(29)37-25,17-20-18-31-22-12-6-5-11-21(20)22)27(34)32-26(19-9-3-2-4-10-19)23-13-7-8-16-30-23/h5-8,11-16,18-19,26,31,33H,2-4,9-10,17H2,1H3,(H,32,34). The van der Waals surface area contributed by atoms with Gasteiger partial charge in [0.1, 0.15) is 9.75 Å². The van der Waals surface area contributed by atoms with Crippen LogP contribution >= 0.6 is 22.9 Å². The molecule has 7 nitrogen and oxygen atoms in total. The molecule has 1 amide bonds. The van der Waals surface area contributed by atoms with Crippen LogP contribution in [0.25, 0.3) is 10.9 Å². The molecule has 2 atom stereocenters. The molecule has 1 aliphatic carbocycles. The van der Waals surface area contributed by atoms with Crippen molar-refractivity contribution in [3.63, 3.8) is 0 Å². The molecule has 0 aliphatic heterocycles. The summed E-state index contributed by atoms with van der Waals surface area (Å²) in [5.74, 6) is -0.164. The Kier molecular flexibility index (Phi) is 7.90. The van der Waals surface area contributed by atoms with Gasteiger partial charge in [0.15, 0.2) is 0 Å². The summed E-state index contributed by atoms with van der Waals surface area (Å²) in [4.78, 5) is 22.0. The number of nitrogens with zero attached hydrogens (tertiary/aromatic N) is 1. The largest absolute Gasteiger partial charge is 0.361 e. The number of benzene rings is 1. The number of hydrogen-bond acceptors (Lipinski definition) is 5. The first kappa shape index (κ1) is 26.9. The van der Waals surface area contributed by atoms with E-state index in [1.807, 2.05) is 48.7 Å². The van der Waals surface area contributed by atoms with Crippen molar-refractivity contribution in [1.82, 2.24) is 20.0 Å². The fraction of sp³-hybridized carbons (Fsp3) is 0.357. The molecule has 4 aromatic rings. The summed E-state index contributed by atoms with van der Waals surface area (Å²) in [7, 11) is -4.03. The number of para-hydroxylation sites is 1. The average Bonchev–Trinajstić information content (AvgIpc) is 3.54. The van der Waals surface area contributed by atoms with Crippen molar-refractivity contribution in [3.05, 3.63) is 82.6 Å². The van der Waals surface area contributed by atoms with E-state index < -0.39 is 21.5 Å². The molecule has 1 aliphatic rings. The molecule has 1 saturated carbocycles. The summed E-state index contributed by atoms with van der Waals surface area (Å²) in [5, 5.41) is 4.17. The van der Waals surface area contributed by atoms with Crippen LogP contribution in [0, 0.1) is 5.92 Å². The van der Waals surface area contributed by atoms with Crippen LogP contribution in [-0.4, -0.2) is 29.8 Å². The highest BCUT2D eigenvalue weighted by molar-refractivity contribution is 7.91. The number of carbonyl (C=O) groups excluding carboxylic acids is 1. The maximum absolute atomic E-state index is 14.2. The zero-order valence-electron chi connectivity index (χ0n) is 21.1. The molecule has 3 N–H and O–H groups in total. The molecule has 200 valence electrons. The number of sulfonamides is 1. The Hall–Kier alpha value is -2.72. The first-order chi connectivity index (χ1) is 18.2. The van der Waals surface area contributed by atoms with Gasteiger partial charge in [-0.1, -0.05) is 55.1 Å². The van der Waals surface area contributed by atoms with E-state index in [2.05, 4.69) is 20.0 Å². The Labute approximate surface area is 232 Å². The molecule has 3 heterocycles. The molecule has 38 heavy (non-hydrogen) atoms. The van der Waals surface area contributed by atoms with Gasteiger partial charge in [-0.15, -0.1) is 11.3 Å². The van der Waals surface area contributed by atoms with E-state index in [9.17, 15) is 13.2 Å². The monoisotopic (exact) mass is 570 g/mol. The number of carbonyl (C=O) groups is 1. The van der Waals surface area contributed by atoms with E-state index >= 15 is 0 Å². The van der Waals surface area contributed by atoms with Crippen molar-refractivity contribution in [3.8, 4) is 0 Å². The van der Waals surface area contributed by atoms with Crippen LogP contribution < -0.4 is 10.0 Å². The number of thiophene rings is 1. The third-order valence-corrected chi connectivity index (χ3v) is 10.6. The summed E-state index contributed by atoms with van der Waals surface area (Å²) in [6.45, 7) is 1.65. The number of H-pyrrole nitrogens is 1. The second kappa shape index (κ2) is 11.2. The number of halogens is 1. The van der Waals surface area contributed by atoms with Crippen LogP contribution in [0.5, 0.6) is 0 Å². The van der Waals surface area contributed by atoms with E-state index in [1.165, 1.54) is 18.6 Å². The zero-order chi connectivity index (χ0) is 26.8. The number of pyridine rings is 1. The van der Waals surface area contributed by atoms with E-state index in [4.69, 9.17) is 11.6 Å². The number of rotatable bonds is 9. The summed E-state index contributed by atoms with van der Waals surface area (Å²) >= 11 is 7.00. The van der Waals surface area contributed by atoms with E-state index in [1.54, 1.807) is 13.1 Å². The Bertz CT molecular complexity index is 1510. The van der Waals surface area contributed by atoms with Gasteiger partial charge in [0.25, 0.3) is 10.0 Å². The Balaban J connectivity index is 1.51. The van der Waals surface area contributed by atoms with Gasteiger partial charge in [0, 0.05) is 29.7 Å². The number of amides is 1. The molecule has 1 aromatic carbocycles. The second-order valence-electron chi connectivity index (χ2n) is 10.1. The lowest BCUT2D eigenvalue weighted by Crippen LogP contribution is -2.59. The molecular weight excluding hydrogens is 540 g/mol. The predicted molar refractivity (Wildman–Crippen MR) is 152 cm³/mol. The quantitative estimate of drug-likeness (QED) is 0.230. The fourth-order valence-electron chi connectivity index (χ4n) is 5.37. The lowest BCUT2D eigenvalue weighted by Gasteiger charge is -2.35. The third-order valence-electron chi connectivity index (χ3n) is 7.31. The third kappa shape index (κ3) is 5.81. The van der Waals surface area contributed by atoms with Crippen LogP contribution in [0.15, 0.2) is 71.2 Å². The van der Waals surface area contributed by atoms with Crippen LogP contribution in [0.1, 0.15) is 56.3 Å². The summed E-state index contributed by atoms with van der Waals surface area (Å²) in [6.07, 6.45) is 9.07. The topological polar surface area (TPSA) is 104 Å². The summed E-state index contributed by atoms with van der Waals surface area (Å²) < 4.78 is 30.1. The van der Waals surface area contributed by atoms with Crippen LogP contribution in [0.3, 0.4) is 0 Å². The molecular formula is C28H31ClN4O3S2. The van der Waals surface area contributed by atoms with Gasteiger partial charge >= 0.3 is 0 Å². The van der Waals surface area contributed by atoms with Crippen LogP contribution in [0.4, 0.5) is 0 Å². The van der Waals surface area contributed by atoms with Crippen molar-refractivity contribution in [2.45, 2.75) is 61.2 Å². The van der Waals surface area contributed by atoms with Gasteiger partial charge < -0.3 is 10.3 Å². The average molecular weight is 571 g/mol. The van der Waals surface area contributed by atoms with Gasteiger partial charge in [-0.05, 0) is 61.6 Å². The minimum absolute atomic E-state index is 0.0639. The fourth-order valence-corrected chi connectivity index (χ4v) is 8.22. The summed E-state index contributed by atoms with van der Waals surface area (Å²) in [5.41, 5.74) is 1.07. The Morgan fingerprint density at radius 2 is 1.89 bits per heavy atom. The van der Waals surface area contributed by atoms with Crippen molar-refractivity contribution in [2.24, 2.45) is 5.92 Å². The number of aromatic amines is 1. The molecule has 2 unspecified atom stereocenters. The molecule has 1 fully saturated rings.